The van der Waals surface area contributed by atoms with E-state index in [1.807, 2.05) is 0 Å². The highest BCUT2D eigenvalue weighted by atomic mass is 32.5. The van der Waals surface area contributed by atoms with Gasteiger partial charge >= 0.3 is 6.72 Å². The maximum Gasteiger partial charge on any atom is 0.324 e. The lowest BCUT2D eigenvalue weighted by Crippen LogP contribution is -2.66. The Morgan fingerprint density at radius 3 is 1.17 bits per heavy atom. The summed E-state index contributed by atoms with van der Waals surface area (Å²) in [5.41, 5.74) is 0. The Labute approximate surface area is 149 Å². The summed E-state index contributed by atoms with van der Waals surface area (Å²) >= 11 is 4.56. The number of piperazine rings is 1. The second-order valence-corrected chi connectivity index (χ2v) is 8.98. The number of rotatable bonds is 8. The van der Waals surface area contributed by atoms with Crippen molar-refractivity contribution in [3.8, 4) is 0 Å². The third-order valence-electron chi connectivity index (χ3n) is 5.37. The monoisotopic (exact) mass is 370 g/mol. The highest BCUT2D eigenvalue weighted by molar-refractivity contribution is 8.07. The van der Waals surface area contributed by atoms with Crippen molar-refractivity contribution < 1.29 is 22.9 Å². The molecule has 0 aromatic carbocycles. The number of hydrogen-bond acceptors (Lipinski definition) is 3. The van der Waals surface area contributed by atoms with E-state index in [0.717, 1.165) is 0 Å². The van der Waals surface area contributed by atoms with Crippen molar-refractivity contribution in [3.05, 3.63) is 0 Å². The Kier molecular flexibility index (Phi) is 11.4. The standard InChI is InChI=1S/C12H28N2.C4H11O3PS/c1-5-13(6-2)9-11-14(7-3,8-4)12-10-13;1-3-6-8(5,9)7-4-2/h5-12H2,1-4H3;3-4H2,1-2H3,(H,5,9)/q+2;. The predicted molar refractivity (Wildman–Crippen MR) is 102 cm³/mol. The quantitative estimate of drug-likeness (QED) is 0.527. The molecule has 1 heterocycles. The Morgan fingerprint density at radius 1 is 0.739 bits per heavy atom. The van der Waals surface area contributed by atoms with Gasteiger partial charge in [0.1, 0.15) is 26.2 Å². The van der Waals surface area contributed by atoms with Crippen LogP contribution in [0.25, 0.3) is 0 Å². The van der Waals surface area contributed by atoms with Crippen molar-refractivity contribution in [1.82, 2.24) is 0 Å². The molecule has 1 aliphatic rings. The van der Waals surface area contributed by atoms with Gasteiger partial charge in [0.05, 0.1) is 39.4 Å². The molecule has 0 aromatic heterocycles. The molecule has 23 heavy (non-hydrogen) atoms. The molecule has 0 aromatic rings. The minimum absolute atomic E-state index is 0.397. The smallest absolute Gasteiger partial charge is 0.324 e. The lowest BCUT2D eigenvalue weighted by atomic mass is 10.2. The number of likely N-dealkylation sites (N-methyl/N-ethyl adjacent to an activating group) is 2. The zero-order chi connectivity index (χ0) is 18.0. The molecule has 0 amide bonds. The summed E-state index contributed by atoms with van der Waals surface area (Å²) in [6, 6.07) is 0. The van der Waals surface area contributed by atoms with Crippen LogP contribution in [0.15, 0.2) is 0 Å². The second-order valence-electron chi connectivity index (χ2n) is 6.15. The number of hydrogen-bond donors (Lipinski definition) is 1. The van der Waals surface area contributed by atoms with Crippen molar-refractivity contribution in [2.45, 2.75) is 41.5 Å². The van der Waals surface area contributed by atoms with Crippen molar-refractivity contribution in [2.24, 2.45) is 0 Å². The summed E-state index contributed by atoms with van der Waals surface area (Å²) < 4.78 is 12.2. The van der Waals surface area contributed by atoms with Gasteiger partial charge in [-0.1, -0.05) is 0 Å². The molecule has 140 valence electrons. The van der Waals surface area contributed by atoms with Crippen LogP contribution in [0.5, 0.6) is 0 Å². The number of quaternary nitrogens is 2. The highest BCUT2D eigenvalue weighted by Crippen LogP contribution is 2.42. The van der Waals surface area contributed by atoms with Crippen LogP contribution in [0.1, 0.15) is 41.5 Å². The average molecular weight is 371 g/mol. The van der Waals surface area contributed by atoms with E-state index in [2.05, 4.69) is 39.5 Å². The minimum atomic E-state index is -2.86. The molecular weight excluding hydrogens is 331 g/mol. The van der Waals surface area contributed by atoms with E-state index in [0.29, 0.717) is 13.2 Å². The first-order chi connectivity index (χ1) is 10.8. The van der Waals surface area contributed by atoms with E-state index in [1.165, 1.54) is 61.3 Å². The highest BCUT2D eigenvalue weighted by Gasteiger charge is 2.38. The fourth-order valence-electron chi connectivity index (χ4n) is 3.15. The van der Waals surface area contributed by atoms with Crippen LogP contribution >= 0.6 is 6.72 Å². The summed E-state index contributed by atoms with van der Waals surface area (Å²) in [5, 5.41) is 0. The van der Waals surface area contributed by atoms with E-state index in [1.54, 1.807) is 13.8 Å². The molecule has 1 N–H and O–H groups in total. The van der Waals surface area contributed by atoms with Crippen LogP contribution in [0, 0.1) is 0 Å². The fraction of sp³-hybridized carbons (Fsp3) is 1.00. The third-order valence-corrected chi connectivity index (χ3v) is 7.17. The molecule has 0 radical (unpaired) electrons. The van der Waals surface area contributed by atoms with Crippen molar-refractivity contribution in [2.75, 3.05) is 65.6 Å². The molecule has 0 bridgehead atoms. The van der Waals surface area contributed by atoms with E-state index in [-0.39, 0.29) is 0 Å². The van der Waals surface area contributed by atoms with Crippen LogP contribution in [0.2, 0.25) is 0 Å². The van der Waals surface area contributed by atoms with Crippen LogP contribution in [0.3, 0.4) is 0 Å². The lowest BCUT2D eigenvalue weighted by molar-refractivity contribution is -1.03. The topological polar surface area (TPSA) is 38.7 Å². The van der Waals surface area contributed by atoms with Crippen LogP contribution in [-0.2, 0) is 20.9 Å². The zero-order valence-corrected chi connectivity index (χ0v) is 17.8. The largest absolute Gasteiger partial charge is 0.324 e. The number of nitrogens with zero attached hydrogens (tertiary/aromatic N) is 2. The normalized spacial score (nSPS) is 19.8. The summed E-state index contributed by atoms with van der Waals surface area (Å²) in [7, 11) is 0. The first-order valence-corrected chi connectivity index (χ1v) is 11.7. The van der Waals surface area contributed by atoms with Crippen LogP contribution < -0.4 is 0 Å². The maximum atomic E-state index is 9.00. The van der Waals surface area contributed by atoms with Crippen molar-refractivity contribution in [3.63, 3.8) is 0 Å². The van der Waals surface area contributed by atoms with Gasteiger partial charge in [-0.15, -0.1) is 0 Å². The van der Waals surface area contributed by atoms with Crippen LogP contribution in [0.4, 0.5) is 0 Å². The van der Waals surface area contributed by atoms with Gasteiger partial charge in [-0.05, 0) is 53.3 Å². The lowest BCUT2D eigenvalue weighted by Gasteiger charge is -2.48. The Hall–Kier alpha value is 0.450. The van der Waals surface area contributed by atoms with Gasteiger partial charge in [0.25, 0.3) is 0 Å². The molecule has 0 saturated carbocycles. The van der Waals surface area contributed by atoms with E-state index >= 15 is 0 Å². The van der Waals surface area contributed by atoms with Gasteiger partial charge in [0.15, 0.2) is 0 Å². The van der Waals surface area contributed by atoms with Gasteiger partial charge < -0.3 is 22.9 Å². The molecule has 7 heteroatoms. The third kappa shape index (κ3) is 7.91. The van der Waals surface area contributed by atoms with Crippen LogP contribution in [-0.4, -0.2) is 79.4 Å². The first-order valence-electron chi connectivity index (χ1n) is 9.10. The Morgan fingerprint density at radius 2 is 1.00 bits per heavy atom. The molecule has 0 atom stereocenters. The summed E-state index contributed by atoms with van der Waals surface area (Å²) in [6.45, 7) is 21.7. The maximum absolute atomic E-state index is 9.00. The Balaban J connectivity index is 0.000000468. The summed E-state index contributed by atoms with van der Waals surface area (Å²) in [6.07, 6.45) is 0. The van der Waals surface area contributed by atoms with E-state index in [4.69, 9.17) is 13.9 Å². The minimum Gasteiger partial charge on any atom is -0.324 e. The molecule has 1 saturated heterocycles. The molecular formula is C16H39N2O3PS+2. The molecule has 5 nitrogen and oxygen atoms in total. The second kappa shape index (κ2) is 11.1. The van der Waals surface area contributed by atoms with Gasteiger partial charge in [0, 0.05) is 0 Å². The zero-order valence-electron chi connectivity index (χ0n) is 16.1. The molecule has 0 spiro atoms. The first kappa shape index (κ1) is 23.4. The average Bonchev–Trinajstić information content (AvgIpc) is 2.55. The molecule has 1 fully saturated rings. The van der Waals surface area contributed by atoms with Gasteiger partial charge in [-0.3, -0.25) is 0 Å². The fourth-order valence-corrected chi connectivity index (χ4v) is 4.51. The van der Waals surface area contributed by atoms with Gasteiger partial charge in [0.2, 0.25) is 0 Å². The van der Waals surface area contributed by atoms with Gasteiger partial charge in [-0.2, -0.15) is 0 Å². The molecule has 0 aliphatic carbocycles. The Bertz CT molecular complexity index is 319. The van der Waals surface area contributed by atoms with E-state index < -0.39 is 6.72 Å². The predicted octanol–water partition coefficient (Wildman–Crippen LogP) is 2.99. The van der Waals surface area contributed by atoms with Gasteiger partial charge in [-0.25, -0.2) is 0 Å². The van der Waals surface area contributed by atoms with E-state index in [9.17, 15) is 0 Å². The SMILES string of the molecule is CCOP(O)(=S)OCC.CC[N+]1(CC)CC[N+](CC)(CC)CC1. The summed E-state index contributed by atoms with van der Waals surface area (Å²) in [5.74, 6) is 0. The summed E-state index contributed by atoms with van der Waals surface area (Å²) in [4.78, 5) is 9.00. The molecule has 1 aliphatic heterocycles. The van der Waals surface area contributed by atoms with Crippen molar-refractivity contribution in [1.29, 1.82) is 0 Å². The molecule has 0 unspecified atom stereocenters. The molecule has 1 rings (SSSR count). The van der Waals surface area contributed by atoms with Crippen molar-refractivity contribution >= 4 is 18.5 Å².